The number of hydrogen-bond acceptors (Lipinski definition) is 3. The smallest absolute Gasteiger partial charge is 0.157 e. The molecule has 0 aromatic carbocycles. The minimum atomic E-state index is -3.24. The van der Waals surface area contributed by atoms with E-state index in [1.165, 1.54) is 0 Å². The van der Waals surface area contributed by atoms with Crippen LogP contribution in [0.4, 0.5) is 0 Å². The molecule has 116 valence electrons. The van der Waals surface area contributed by atoms with Gasteiger partial charge in [-0.2, -0.15) is 5.26 Å². The average molecular weight is 299 g/mol. The fraction of sp³-hybridized carbons (Fsp3) is 0.938. The zero-order valence-electron chi connectivity index (χ0n) is 13.7. The summed E-state index contributed by atoms with van der Waals surface area (Å²) in [6, 6.07) is 2.25. The van der Waals surface area contributed by atoms with Gasteiger partial charge in [-0.15, -0.1) is 0 Å². The van der Waals surface area contributed by atoms with Crippen LogP contribution in [0.2, 0.25) is 0 Å². The highest BCUT2D eigenvalue weighted by molar-refractivity contribution is 7.92. The van der Waals surface area contributed by atoms with Crippen molar-refractivity contribution in [1.82, 2.24) is 0 Å². The molecule has 1 fully saturated rings. The van der Waals surface area contributed by atoms with Gasteiger partial charge in [-0.3, -0.25) is 0 Å². The van der Waals surface area contributed by atoms with E-state index < -0.39 is 15.1 Å². The SMILES string of the molecule is CC(C)C(C)S(=O)(=O)C1CC(C(C)(C)C)CCC1C#N. The van der Waals surface area contributed by atoms with Crippen molar-refractivity contribution in [2.75, 3.05) is 0 Å². The second kappa shape index (κ2) is 6.05. The van der Waals surface area contributed by atoms with Gasteiger partial charge in [0.1, 0.15) is 0 Å². The Morgan fingerprint density at radius 3 is 2.10 bits per heavy atom. The summed E-state index contributed by atoms with van der Waals surface area (Å²) >= 11 is 0. The van der Waals surface area contributed by atoms with Crippen molar-refractivity contribution in [2.24, 2.45) is 23.2 Å². The van der Waals surface area contributed by atoms with E-state index in [4.69, 9.17) is 0 Å². The molecule has 0 heterocycles. The number of rotatable bonds is 3. The van der Waals surface area contributed by atoms with E-state index in [-0.39, 0.29) is 22.5 Å². The molecule has 1 aliphatic rings. The Hall–Kier alpha value is -0.560. The van der Waals surface area contributed by atoms with Crippen molar-refractivity contribution < 1.29 is 8.42 Å². The Labute approximate surface area is 124 Å². The van der Waals surface area contributed by atoms with Gasteiger partial charge in [-0.1, -0.05) is 34.6 Å². The highest BCUT2D eigenvalue weighted by Crippen LogP contribution is 2.43. The molecule has 0 spiro atoms. The summed E-state index contributed by atoms with van der Waals surface area (Å²) in [6.07, 6.45) is 2.32. The standard InChI is InChI=1S/C16H29NO2S/c1-11(2)12(3)20(18,19)15-9-14(16(4,5)6)8-7-13(15)10-17/h11-15H,7-9H2,1-6H3. The van der Waals surface area contributed by atoms with E-state index in [1.807, 2.05) is 13.8 Å². The number of sulfone groups is 1. The fourth-order valence-electron chi connectivity index (χ4n) is 3.08. The first-order chi connectivity index (χ1) is 9.01. The number of nitriles is 1. The lowest BCUT2D eigenvalue weighted by Crippen LogP contribution is -2.43. The largest absolute Gasteiger partial charge is 0.228 e. The van der Waals surface area contributed by atoms with Gasteiger partial charge >= 0.3 is 0 Å². The van der Waals surface area contributed by atoms with Crippen LogP contribution in [0.1, 0.15) is 60.8 Å². The summed E-state index contributed by atoms with van der Waals surface area (Å²) in [4.78, 5) is 0. The maximum Gasteiger partial charge on any atom is 0.157 e. The molecule has 0 aromatic heterocycles. The third-order valence-electron chi connectivity index (χ3n) is 5.06. The van der Waals surface area contributed by atoms with Gasteiger partial charge in [0.2, 0.25) is 0 Å². The van der Waals surface area contributed by atoms with Crippen LogP contribution < -0.4 is 0 Å². The molecule has 0 aromatic rings. The predicted molar refractivity (Wildman–Crippen MR) is 82.9 cm³/mol. The van der Waals surface area contributed by atoms with E-state index in [0.717, 1.165) is 6.42 Å². The van der Waals surface area contributed by atoms with Crippen LogP contribution >= 0.6 is 0 Å². The molecule has 4 atom stereocenters. The van der Waals surface area contributed by atoms with Gasteiger partial charge in [0, 0.05) is 0 Å². The van der Waals surface area contributed by atoms with Gasteiger partial charge in [-0.05, 0) is 43.4 Å². The Bertz CT molecular complexity index is 468. The highest BCUT2D eigenvalue weighted by Gasteiger charge is 2.44. The van der Waals surface area contributed by atoms with Crippen molar-refractivity contribution in [2.45, 2.75) is 71.3 Å². The fourth-order valence-corrected chi connectivity index (χ4v) is 5.55. The third-order valence-corrected chi connectivity index (χ3v) is 8.01. The van der Waals surface area contributed by atoms with Crippen molar-refractivity contribution in [1.29, 1.82) is 5.26 Å². The molecule has 0 radical (unpaired) electrons. The molecule has 4 unspecified atom stereocenters. The van der Waals surface area contributed by atoms with Crippen LogP contribution in [0.25, 0.3) is 0 Å². The lowest BCUT2D eigenvalue weighted by Gasteiger charge is -2.40. The van der Waals surface area contributed by atoms with Crippen LogP contribution in [-0.2, 0) is 9.84 Å². The van der Waals surface area contributed by atoms with E-state index in [9.17, 15) is 13.7 Å². The van der Waals surface area contributed by atoms with Crippen LogP contribution in [0, 0.1) is 34.5 Å². The monoisotopic (exact) mass is 299 g/mol. The van der Waals surface area contributed by atoms with Gasteiger partial charge in [-0.25, -0.2) is 8.42 Å². The molecular weight excluding hydrogens is 270 g/mol. The molecule has 0 N–H and O–H groups in total. The highest BCUT2D eigenvalue weighted by atomic mass is 32.2. The van der Waals surface area contributed by atoms with Gasteiger partial charge < -0.3 is 0 Å². The normalized spacial score (nSPS) is 30.0. The van der Waals surface area contributed by atoms with Crippen molar-refractivity contribution in [3.63, 3.8) is 0 Å². The molecule has 0 amide bonds. The first-order valence-corrected chi connectivity index (χ1v) is 9.25. The van der Waals surface area contributed by atoms with Gasteiger partial charge in [0.05, 0.1) is 22.5 Å². The zero-order chi connectivity index (χ0) is 15.7. The van der Waals surface area contributed by atoms with E-state index in [1.54, 1.807) is 6.92 Å². The quantitative estimate of drug-likeness (QED) is 0.796. The number of hydrogen-bond donors (Lipinski definition) is 0. The Morgan fingerprint density at radius 1 is 1.15 bits per heavy atom. The van der Waals surface area contributed by atoms with E-state index in [2.05, 4.69) is 26.8 Å². The second-order valence-electron chi connectivity index (χ2n) is 7.69. The van der Waals surface area contributed by atoms with Gasteiger partial charge in [0.15, 0.2) is 9.84 Å². The topological polar surface area (TPSA) is 57.9 Å². The van der Waals surface area contributed by atoms with E-state index >= 15 is 0 Å². The van der Waals surface area contributed by atoms with Crippen LogP contribution in [0.15, 0.2) is 0 Å². The van der Waals surface area contributed by atoms with Gasteiger partial charge in [0.25, 0.3) is 0 Å². The molecule has 1 saturated carbocycles. The molecule has 20 heavy (non-hydrogen) atoms. The molecular formula is C16H29NO2S. The second-order valence-corrected chi connectivity index (χ2v) is 10.2. The van der Waals surface area contributed by atoms with E-state index in [0.29, 0.717) is 18.8 Å². The van der Waals surface area contributed by atoms with Crippen molar-refractivity contribution >= 4 is 9.84 Å². The van der Waals surface area contributed by atoms with Crippen LogP contribution in [0.5, 0.6) is 0 Å². The van der Waals surface area contributed by atoms with Crippen molar-refractivity contribution in [3.8, 4) is 6.07 Å². The molecule has 0 bridgehead atoms. The summed E-state index contributed by atoms with van der Waals surface area (Å²) in [5.41, 5.74) is 0.106. The molecule has 1 rings (SSSR count). The molecule has 4 heteroatoms. The summed E-state index contributed by atoms with van der Waals surface area (Å²) in [7, 11) is -3.24. The summed E-state index contributed by atoms with van der Waals surface area (Å²) < 4.78 is 25.6. The lowest BCUT2D eigenvalue weighted by atomic mass is 9.70. The minimum Gasteiger partial charge on any atom is -0.228 e. The predicted octanol–water partition coefficient (Wildman–Crippen LogP) is 3.80. The first kappa shape index (κ1) is 17.5. The van der Waals surface area contributed by atoms with Crippen LogP contribution in [0.3, 0.4) is 0 Å². The summed E-state index contributed by atoms with van der Waals surface area (Å²) in [5, 5.41) is 8.46. The third kappa shape index (κ3) is 3.55. The minimum absolute atomic E-state index is 0.0920. The summed E-state index contributed by atoms with van der Waals surface area (Å²) in [5.74, 6) is 0.139. The molecule has 0 saturated heterocycles. The summed E-state index contributed by atoms with van der Waals surface area (Å²) in [6.45, 7) is 12.2. The van der Waals surface area contributed by atoms with Crippen LogP contribution in [-0.4, -0.2) is 18.9 Å². The Morgan fingerprint density at radius 2 is 1.70 bits per heavy atom. The maximum atomic E-state index is 12.8. The number of nitrogens with zero attached hydrogens (tertiary/aromatic N) is 1. The zero-order valence-corrected chi connectivity index (χ0v) is 14.5. The Balaban J connectivity index is 3.08. The average Bonchev–Trinajstić information content (AvgIpc) is 2.35. The Kier molecular flexibility index (Phi) is 5.29. The first-order valence-electron chi connectivity index (χ1n) is 7.64. The molecule has 3 nitrogen and oxygen atoms in total. The van der Waals surface area contributed by atoms with Crippen molar-refractivity contribution in [3.05, 3.63) is 0 Å². The lowest BCUT2D eigenvalue weighted by molar-refractivity contribution is 0.166. The molecule has 0 aliphatic heterocycles. The molecule has 1 aliphatic carbocycles. The maximum absolute atomic E-state index is 12.8.